The summed E-state index contributed by atoms with van der Waals surface area (Å²) in [5, 5.41) is 3.75. The van der Waals surface area contributed by atoms with Gasteiger partial charge in [0.25, 0.3) is 0 Å². The van der Waals surface area contributed by atoms with Crippen LogP contribution in [0, 0.1) is 5.92 Å². The zero-order valence-electron chi connectivity index (χ0n) is 10.5. The van der Waals surface area contributed by atoms with Crippen LogP contribution in [0.2, 0.25) is 0 Å². The minimum Gasteiger partial charge on any atom is -0.383 e. The second-order valence-electron chi connectivity index (χ2n) is 5.36. The molecule has 2 aliphatic heterocycles. The van der Waals surface area contributed by atoms with Crippen molar-refractivity contribution in [1.82, 2.24) is 5.32 Å². The van der Waals surface area contributed by atoms with Crippen molar-refractivity contribution < 1.29 is 4.74 Å². The standard InChI is InChI=1S/C13H25NOS/c1-15-11-13(6-2-3-7-14-13)10-12-4-8-16-9-5-12/h12,14H,2-11H2,1H3. The fraction of sp³-hybridized carbons (Fsp3) is 1.00. The Morgan fingerprint density at radius 3 is 2.75 bits per heavy atom. The van der Waals surface area contributed by atoms with Gasteiger partial charge in [-0.25, -0.2) is 0 Å². The molecule has 3 heteroatoms. The highest BCUT2D eigenvalue weighted by Gasteiger charge is 2.34. The van der Waals surface area contributed by atoms with Crippen LogP contribution in [-0.2, 0) is 4.74 Å². The van der Waals surface area contributed by atoms with Crippen LogP contribution in [0.5, 0.6) is 0 Å². The summed E-state index contributed by atoms with van der Waals surface area (Å²) in [6, 6.07) is 0. The highest BCUT2D eigenvalue weighted by atomic mass is 32.2. The van der Waals surface area contributed by atoms with Crippen molar-refractivity contribution in [2.24, 2.45) is 5.92 Å². The van der Waals surface area contributed by atoms with Gasteiger partial charge in [-0.15, -0.1) is 0 Å². The van der Waals surface area contributed by atoms with Crippen LogP contribution in [0.4, 0.5) is 0 Å². The number of hydrogen-bond acceptors (Lipinski definition) is 3. The van der Waals surface area contributed by atoms with Gasteiger partial charge in [0.05, 0.1) is 6.61 Å². The van der Waals surface area contributed by atoms with Crippen LogP contribution in [-0.4, -0.2) is 37.3 Å². The van der Waals surface area contributed by atoms with Crippen LogP contribution in [0.25, 0.3) is 0 Å². The predicted molar refractivity (Wildman–Crippen MR) is 71.1 cm³/mol. The lowest BCUT2D eigenvalue weighted by Crippen LogP contribution is -2.53. The molecular formula is C13H25NOS. The van der Waals surface area contributed by atoms with E-state index in [2.05, 4.69) is 17.1 Å². The average molecular weight is 243 g/mol. The molecule has 2 aliphatic rings. The Labute approximate surface area is 104 Å². The van der Waals surface area contributed by atoms with Crippen LogP contribution < -0.4 is 5.32 Å². The molecule has 1 unspecified atom stereocenters. The Hall–Kier alpha value is 0.270. The van der Waals surface area contributed by atoms with E-state index in [1.807, 2.05) is 7.11 Å². The lowest BCUT2D eigenvalue weighted by Gasteiger charge is -2.41. The lowest BCUT2D eigenvalue weighted by atomic mass is 9.79. The van der Waals surface area contributed by atoms with Crippen molar-refractivity contribution in [3.05, 3.63) is 0 Å². The van der Waals surface area contributed by atoms with E-state index in [0.29, 0.717) is 5.54 Å². The minimum atomic E-state index is 0.305. The smallest absolute Gasteiger partial charge is 0.0644 e. The summed E-state index contributed by atoms with van der Waals surface area (Å²) in [7, 11) is 1.84. The van der Waals surface area contributed by atoms with E-state index in [4.69, 9.17) is 4.74 Å². The Morgan fingerprint density at radius 2 is 2.12 bits per heavy atom. The molecule has 2 fully saturated rings. The van der Waals surface area contributed by atoms with Gasteiger partial charge >= 0.3 is 0 Å². The van der Waals surface area contributed by atoms with Gasteiger partial charge in [-0.2, -0.15) is 11.8 Å². The molecule has 2 nitrogen and oxygen atoms in total. The molecule has 94 valence electrons. The molecule has 2 rings (SSSR count). The SMILES string of the molecule is COCC1(CC2CCSCC2)CCCCN1. The Morgan fingerprint density at radius 1 is 1.31 bits per heavy atom. The molecule has 0 bridgehead atoms. The summed E-state index contributed by atoms with van der Waals surface area (Å²) in [6.07, 6.45) is 8.19. The maximum atomic E-state index is 5.46. The van der Waals surface area contributed by atoms with Gasteiger partial charge in [0.2, 0.25) is 0 Å². The molecule has 0 aromatic carbocycles. The molecule has 16 heavy (non-hydrogen) atoms. The van der Waals surface area contributed by atoms with E-state index >= 15 is 0 Å². The van der Waals surface area contributed by atoms with Gasteiger partial charge in [-0.3, -0.25) is 0 Å². The molecule has 1 atom stereocenters. The molecule has 0 aliphatic carbocycles. The highest BCUT2D eigenvalue weighted by Crippen LogP contribution is 2.33. The number of thioether (sulfide) groups is 1. The second-order valence-corrected chi connectivity index (χ2v) is 6.58. The largest absolute Gasteiger partial charge is 0.383 e. The summed E-state index contributed by atoms with van der Waals surface area (Å²) < 4.78 is 5.46. The van der Waals surface area contributed by atoms with Crippen molar-refractivity contribution in [1.29, 1.82) is 0 Å². The third kappa shape index (κ3) is 3.38. The number of rotatable bonds is 4. The molecule has 0 saturated carbocycles. The molecule has 2 heterocycles. The zero-order valence-corrected chi connectivity index (χ0v) is 11.3. The first-order chi connectivity index (χ1) is 7.85. The molecular weight excluding hydrogens is 218 g/mol. The van der Waals surface area contributed by atoms with Gasteiger partial charge in [0, 0.05) is 12.6 Å². The maximum absolute atomic E-state index is 5.46. The number of piperidine rings is 1. The molecule has 0 radical (unpaired) electrons. The summed E-state index contributed by atoms with van der Waals surface area (Å²) in [5.41, 5.74) is 0.305. The Bertz CT molecular complexity index is 193. The van der Waals surface area contributed by atoms with Crippen LogP contribution >= 0.6 is 11.8 Å². The fourth-order valence-corrected chi connectivity index (χ4v) is 4.37. The monoisotopic (exact) mass is 243 g/mol. The minimum absolute atomic E-state index is 0.305. The van der Waals surface area contributed by atoms with Crippen LogP contribution in [0.3, 0.4) is 0 Å². The number of hydrogen-bond donors (Lipinski definition) is 1. The first-order valence-corrected chi connectivity index (χ1v) is 7.82. The van der Waals surface area contributed by atoms with Crippen LogP contribution in [0.1, 0.15) is 38.5 Å². The van der Waals surface area contributed by atoms with E-state index in [1.54, 1.807) is 0 Å². The fourth-order valence-electron chi connectivity index (χ4n) is 3.17. The number of ether oxygens (including phenoxy) is 1. The average Bonchev–Trinajstić information content (AvgIpc) is 2.31. The first-order valence-electron chi connectivity index (χ1n) is 6.66. The zero-order chi connectivity index (χ0) is 11.3. The topological polar surface area (TPSA) is 21.3 Å². The molecule has 2 saturated heterocycles. The van der Waals surface area contributed by atoms with Gasteiger partial charge in [-0.05, 0) is 56.1 Å². The first kappa shape index (κ1) is 12.7. The third-order valence-electron chi connectivity index (χ3n) is 4.02. The summed E-state index contributed by atoms with van der Waals surface area (Å²) in [4.78, 5) is 0. The van der Waals surface area contributed by atoms with Gasteiger partial charge in [-0.1, -0.05) is 6.42 Å². The summed E-state index contributed by atoms with van der Waals surface area (Å²) in [5.74, 6) is 3.67. The van der Waals surface area contributed by atoms with Crippen LogP contribution in [0.15, 0.2) is 0 Å². The summed E-state index contributed by atoms with van der Waals surface area (Å²) >= 11 is 2.12. The second kappa shape index (κ2) is 6.27. The Kier molecular flexibility index (Phi) is 4.98. The molecule has 0 aromatic heterocycles. The molecule has 0 amide bonds. The van der Waals surface area contributed by atoms with Crippen molar-refractivity contribution >= 4 is 11.8 Å². The third-order valence-corrected chi connectivity index (χ3v) is 5.07. The molecule has 0 aromatic rings. The van der Waals surface area contributed by atoms with Gasteiger partial charge in [0.1, 0.15) is 0 Å². The van der Waals surface area contributed by atoms with E-state index in [0.717, 1.165) is 12.5 Å². The molecule has 0 spiro atoms. The quantitative estimate of drug-likeness (QED) is 0.820. The van der Waals surface area contributed by atoms with E-state index in [9.17, 15) is 0 Å². The predicted octanol–water partition coefficient (Wildman–Crippen LogP) is 2.68. The number of nitrogens with one attached hydrogen (secondary N) is 1. The highest BCUT2D eigenvalue weighted by molar-refractivity contribution is 7.99. The Balaban J connectivity index is 1.89. The molecule has 1 N–H and O–H groups in total. The van der Waals surface area contributed by atoms with Crippen molar-refractivity contribution in [3.8, 4) is 0 Å². The number of methoxy groups -OCH3 is 1. The van der Waals surface area contributed by atoms with Crippen molar-refractivity contribution in [2.45, 2.75) is 44.1 Å². The van der Waals surface area contributed by atoms with Gasteiger partial charge < -0.3 is 10.1 Å². The normalized spacial score (nSPS) is 32.8. The summed E-state index contributed by atoms with van der Waals surface area (Å²) in [6.45, 7) is 2.08. The van der Waals surface area contributed by atoms with Crippen molar-refractivity contribution in [2.75, 3.05) is 31.8 Å². The van der Waals surface area contributed by atoms with Crippen molar-refractivity contribution in [3.63, 3.8) is 0 Å². The van der Waals surface area contributed by atoms with Gasteiger partial charge in [0.15, 0.2) is 0 Å². The maximum Gasteiger partial charge on any atom is 0.0644 e. The lowest BCUT2D eigenvalue weighted by molar-refractivity contribution is 0.0703. The van der Waals surface area contributed by atoms with E-state index in [-0.39, 0.29) is 0 Å². The van der Waals surface area contributed by atoms with E-state index in [1.165, 1.54) is 56.6 Å². The van der Waals surface area contributed by atoms with E-state index < -0.39 is 0 Å².